The van der Waals surface area contributed by atoms with Gasteiger partial charge in [-0.25, -0.2) is 0 Å². The summed E-state index contributed by atoms with van der Waals surface area (Å²) in [6.45, 7) is 5.89. The van der Waals surface area contributed by atoms with E-state index in [1.807, 2.05) is 0 Å². The van der Waals surface area contributed by atoms with Crippen molar-refractivity contribution in [1.29, 1.82) is 0 Å². The van der Waals surface area contributed by atoms with Crippen LogP contribution in [0.5, 0.6) is 0 Å². The minimum atomic E-state index is 0.852. The zero-order chi connectivity index (χ0) is 7.66. The number of hydrogen-bond acceptors (Lipinski definition) is 2. The van der Waals surface area contributed by atoms with E-state index >= 15 is 0 Å². The Balaban J connectivity index is 2.65. The van der Waals surface area contributed by atoms with Gasteiger partial charge in [0.2, 0.25) is 0 Å². The lowest BCUT2D eigenvalue weighted by molar-refractivity contribution is 0.138. The number of ether oxygens (including phenoxy) is 1. The van der Waals surface area contributed by atoms with Crippen LogP contribution in [0.15, 0.2) is 0 Å². The molecule has 0 fully saturated rings. The molecule has 0 atom stereocenters. The summed E-state index contributed by atoms with van der Waals surface area (Å²) in [7, 11) is 0. The average molecular weight is 257 g/mol. The Hall–Kier alpha value is 0.650. The van der Waals surface area contributed by atoms with Gasteiger partial charge in [-0.1, -0.05) is 29.5 Å². The summed E-state index contributed by atoms with van der Waals surface area (Å²) in [5.41, 5.74) is 0. The minimum Gasteiger partial charge on any atom is -0.380 e. The zero-order valence-corrected chi connectivity index (χ0v) is 8.69. The van der Waals surface area contributed by atoms with E-state index in [4.69, 9.17) is 4.74 Å². The van der Waals surface area contributed by atoms with Gasteiger partial charge in [0.15, 0.2) is 0 Å². The summed E-state index contributed by atoms with van der Waals surface area (Å²) < 4.78 is 6.50. The molecule has 0 aliphatic carbocycles. The molecule has 3 heteroatoms. The predicted octanol–water partition coefficient (Wildman–Crippen LogP) is 1.44. The van der Waals surface area contributed by atoms with Crippen LogP contribution in [0, 0.1) is 0 Å². The Morgan fingerprint density at radius 3 is 2.80 bits per heavy atom. The van der Waals surface area contributed by atoms with Crippen molar-refractivity contribution in [3.05, 3.63) is 0 Å². The number of hydrogen-bond donors (Lipinski definition) is 1. The summed E-state index contributed by atoms with van der Waals surface area (Å²) in [4.78, 5) is 0. The van der Waals surface area contributed by atoms with Gasteiger partial charge >= 0.3 is 0 Å². The van der Waals surface area contributed by atoms with Crippen LogP contribution in [-0.4, -0.2) is 30.7 Å². The Labute approximate surface area is 76.9 Å². The third-order valence-corrected chi connectivity index (χ3v) is 1.86. The Morgan fingerprint density at radius 2 is 2.20 bits per heavy atom. The topological polar surface area (TPSA) is 21.3 Å². The van der Waals surface area contributed by atoms with Crippen molar-refractivity contribution in [1.82, 2.24) is 5.32 Å². The van der Waals surface area contributed by atoms with Crippen LogP contribution in [-0.2, 0) is 4.74 Å². The first kappa shape index (κ1) is 10.7. The first-order chi connectivity index (χ1) is 4.91. The number of alkyl halides is 1. The summed E-state index contributed by atoms with van der Waals surface area (Å²) in [5, 5.41) is 3.20. The normalized spacial score (nSPS) is 10.2. The van der Waals surface area contributed by atoms with Crippen molar-refractivity contribution in [2.75, 3.05) is 30.7 Å². The quantitative estimate of drug-likeness (QED) is 0.423. The van der Waals surface area contributed by atoms with Crippen LogP contribution >= 0.6 is 22.6 Å². The lowest BCUT2D eigenvalue weighted by Gasteiger charge is -2.02. The van der Waals surface area contributed by atoms with E-state index in [0.717, 1.165) is 26.3 Å². The predicted molar refractivity (Wildman–Crippen MR) is 52.9 cm³/mol. The van der Waals surface area contributed by atoms with Crippen LogP contribution in [0.1, 0.15) is 13.3 Å². The standard InChI is InChI=1S/C7H16INO/c1-2-9-5-7-10-6-3-4-8/h9H,2-7H2,1H3. The maximum absolute atomic E-state index is 5.31. The highest BCUT2D eigenvalue weighted by atomic mass is 127. The van der Waals surface area contributed by atoms with E-state index < -0.39 is 0 Å². The molecule has 0 amide bonds. The lowest BCUT2D eigenvalue weighted by Crippen LogP contribution is -2.19. The number of likely N-dealkylation sites (N-methyl/N-ethyl adjacent to an activating group) is 1. The SMILES string of the molecule is CCNCCOCCCI. The fraction of sp³-hybridized carbons (Fsp3) is 1.00. The summed E-state index contributed by atoms with van der Waals surface area (Å²) in [5.74, 6) is 0. The molecule has 0 bridgehead atoms. The van der Waals surface area contributed by atoms with Gasteiger partial charge in [-0.3, -0.25) is 0 Å². The molecule has 2 nitrogen and oxygen atoms in total. The van der Waals surface area contributed by atoms with E-state index in [1.165, 1.54) is 10.8 Å². The average Bonchev–Trinajstić information content (AvgIpc) is 1.97. The molecule has 0 saturated heterocycles. The molecule has 0 aromatic rings. The highest BCUT2D eigenvalue weighted by Gasteiger charge is 1.85. The molecule has 0 rings (SSSR count). The number of halogens is 1. The third-order valence-electron chi connectivity index (χ3n) is 1.10. The minimum absolute atomic E-state index is 0.852. The van der Waals surface area contributed by atoms with E-state index in [-0.39, 0.29) is 0 Å². The van der Waals surface area contributed by atoms with E-state index in [0.29, 0.717) is 0 Å². The fourth-order valence-electron chi connectivity index (χ4n) is 0.580. The number of nitrogens with one attached hydrogen (secondary N) is 1. The van der Waals surface area contributed by atoms with Gasteiger partial charge in [0.05, 0.1) is 6.61 Å². The Morgan fingerprint density at radius 1 is 1.40 bits per heavy atom. The van der Waals surface area contributed by atoms with Gasteiger partial charge in [-0.2, -0.15) is 0 Å². The van der Waals surface area contributed by atoms with E-state index in [1.54, 1.807) is 0 Å². The first-order valence-electron chi connectivity index (χ1n) is 3.76. The van der Waals surface area contributed by atoms with Gasteiger partial charge < -0.3 is 10.1 Å². The van der Waals surface area contributed by atoms with Crippen molar-refractivity contribution in [3.63, 3.8) is 0 Å². The van der Waals surface area contributed by atoms with Gasteiger partial charge in [0, 0.05) is 17.6 Å². The molecule has 0 aromatic heterocycles. The smallest absolute Gasteiger partial charge is 0.0590 e. The molecule has 10 heavy (non-hydrogen) atoms. The van der Waals surface area contributed by atoms with E-state index in [2.05, 4.69) is 34.8 Å². The van der Waals surface area contributed by atoms with Crippen LogP contribution in [0.2, 0.25) is 0 Å². The molecular weight excluding hydrogens is 241 g/mol. The van der Waals surface area contributed by atoms with Crippen LogP contribution in [0.4, 0.5) is 0 Å². The fourth-order valence-corrected chi connectivity index (χ4v) is 0.891. The summed E-state index contributed by atoms with van der Waals surface area (Å²) >= 11 is 2.36. The van der Waals surface area contributed by atoms with Crippen molar-refractivity contribution in [2.24, 2.45) is 0 Å². The number of rotatable bonds is 7. The van der Waals surface area contributed by atoms with Crippen molar-refractivity contribution in [3.8, 4) is 0 Å². The highest BCUT2D eigenvalue weighted by molar-refractivity contribution is 14.1. The summed E-state index contributed by atoms with van der Waals surface area (Å²) in [6.07, 6.45) is 1.17. The zero-order valence-electron chi connectivity index (χ0n) is 6.53. The van der Waals surface area contributed by atoms with Crippen LogP contribution in [0.25, 0.3) is 0 Å². The largest absolute Gasteiger partial charge is 0.380 e. The van der Waals surface area contributed by atoms with Gasteiger partial charge in [0.25, 0.3) is 0 Å². The maximum atomic E-state index is 5.31. The third kappa shape index (κ3) is 8.65. The molecule has 0 unspecified atom stereocenters. The Kier molecular flexibility index (Phi) is 10.3. The van der Waals surface area contributed by atoms with Gasteiger partial charge in [-0.15, -0.1) is 0 Å². The molecule has 62 valence electrons. The molecule has 0 heterocycles. The molecular formula is C7H16INO. The maximum Gasteiger partial charge on any atom is 0.0590 e. The second kappa shape index (κ2) is 9.65. The van der Waals surface area contributed by atoms with Crippen LogP contribution < -0.4 is 5.32 Å². The second-order valence-corrected chi connectivity index (χ2v) is 3.09. The molecule has 0 spiro atoms. The van der Waals surface area contributed by atoms with Gasteiger partial charge in [-0.05, 0) is 13.0 Å². The summed E-state index contributed by atoms with van der Waals surface area (Å²) in [6, 6.07) is 0. The van der Waals surface area contributed by atoms with E-state index in [9.17, 15) is 0 Å². The molecule has 0 aliphatic rings. The lowest BCUT2D eigenvalue weighted by atomic mass is 10.5. The second-order valence-electron chi connectivity index (χ2n) is 2.01. The monoisotopic (exact) mass is 257 g/mol. The first-order valence-corrected chi connectivity index (χ1v) is 5.28. The van der Waals surface area contributed by atoms with Gasteiger partial charge in [0.1, 0.15) is 0 Å². The molecule has 1 N–H and O–H groups in total. The molecule has 0 radical (unpaired) electrons. The highest BCUT2D eigenvalue weighted by Crippen LogP contribution is 1.88. The molecule has 0 saturated carbocycles. The van der Waals surface area contributed by atoms with Crippen molar-refractivity contribution >= 4 is 22.6 Å². The molecule has 0 aromatic carbocycles. The molecule has 0 aliphatic heterocycles. The van der Waals surface area contributed by atoms with Crippen molar-refractivity contribution in [2.45, 2.75) is 13.3 Å². The van der Waals surface area contributed by atoms with Crippen molar-refractivity contribution < 1.29 is 4.74 Å². The Bertz CT molecular complexity index is 53.6. The van der Waals surface area contributed by atoms with Crippen LogP contribution in [0.3, 0.4) is 0 Å².